The smallest absolute Gasteiger partial charge is 0.261 e. The normalized spacial score (nSPS) is 11.6. The van der Waals surface area contributed by atoms with Crippen LogP contribution >= 0.6 is 45.8 Å². The monoisotopic (exact) mass is 534 g/mol. The molecule has 0 saturated heterocycles. The van der Waals surface area contributed by atoms with Gasteiger partial charge in [0.15, 0.2) is 6.61 Å². The molecule has 0 aliphatic rings. The Morgan fingerprint density at radius 1 is 1.18 bits per heavy atom. The van der Waals surface area contributed by atoms with Crippen molar-refractivity contribution < 1.29 is 14.3 Å². The number of nitrogens with one attached hydrogen (secondary N) is 1. The molecule has 0 aliphatic heterocycles. The summed E-state index contributed by atoms with van der Waals surface area (Å²) >= 11 is 14.4. The summed E-state index contributed by atoms with van der Waals surface area (Å²) in [5, 5.41) is 3.56. The minimum absolute atomic E-state index is 0.177. The average molecular weight is 535 g/mol. The van der Waals surface area contributed by atoms with E-state index in [9.17, 15) is 9.59 Å². The van der Waals surface area contributed by atoms with Crippen LogP contribution in [-0.2, 0) is 16.1 Å². The number of benzene rings is 2. The van der Waals surface area contributed by atoms with Crippen molar-refractivity contribution in [2.24, 2.45) is 0 Å². The molecular weight excluding hydrogens is 514 g/mol. The van der Waals surface area contributed by atoms with Gasteiger partial charge in [0, 0.05) is 27.2 Å². The topological polar surface area (TPSA) is 58.6 Å². The summed E-state index contributed by atoms with van der Waals surface area (Å²) in [5.41, 5.74) is 0.705. The quantitative estimate of drug-likeness (QED) is 0.506. The van der Waals surface area contributed by atoms with Crippen molar-refractivity contribution >= 4 is 57.6 Å². The van der Waals surface area contributed by atoms with Crippen LogP contribution in [0.15, 0.2) is 42.5 Å². The molecule has 2 aromatic rings. The predicted molar refractivity (Wildman–Crippen MR) is 120 cm³/mol. The zero-order chi connectivity index (χ0) is 20.7. The lowest BCUT2D eigenvalue weighted by atomic mass is 10.1. The Kier molecular flexibility index (Phi) is 8.85. The second-order valence-electron chi connectivity index (χ2n) is 6.04. The van der Waals surface area contributed by atoms with E-state index in [1.807, 2.05) is 19.1 Å². The predicted octanol–water partition coefficient (Wildman–Crippen LogP) is 4.53. The number of ether oxygens (including phenoxy) is 1. The summed E-state index contributed by atoms with van der Waals surface area (Å²) < 4.78 is 6.69. The van der Waals surface area contributed by atoms with Gasteiger partial charge in [-0.1, -0.05) is 36.2 Å². The first-order valence-corrected chi connectivity index (χ1v) is 10.5. The Bertz CT molecular complexity index is 831. The Labute approximate surface area is 188 Å². The molecule has 0 aliphatic carbocycles. The van der Waals surface area contributed by atoms with Crippen LogP contribution < -0.4 is 10.1 Å². The Morgan fingerprint density at radius 2 is 1.86 bits per heavy atom. The van der Waals surface area contributed by atoms with Gasteiger partial charge >= 0.3 is 0 Å². The lowest BCUT2D eigenvalue weighted by Gasteiger charge is -2.30. The van der Waals surface area contributed by atoms with E-state index in [1.165, 1.54) is 4.90 Å². The van der Waals surface area contributed by atoms with Crippen LogP contribution in [-0.4, -0.2) is 36.4 Å². The lowest BCUT2D eigenvalue weighted by Crippen LogP contribution is -2.49. The van der Waals surface area contributed by atoms with Crippen LogP contribution in [0, 0.1) is 3.57 Å². The number of halogens is 3. The molecule has 2 rings (SSSR count). The first kappa shape index (κ1) is 22.8. The molecule has 0 heterocycles. The SMILES string of the molecule is CC[C@H](C(=O)NC)N(Cc1ccc(Cl)cc1Cl)C(=O)COc1ccc(I)cc1. The van der Waals surface area contributed by atoms with E-state index in [-0.39, 0.29) is 25.0 Å². The average Bonchev–Trinajstić information content (AvgIpc) is 2.68. The van der Waals surface area contributed by atoms with Crippen LogP contribution in [0.1, 0.15) is 18.9 Å². The zero-order valence-corrected chi connectivity index (χ0v) is 19.2. The minimum Gasteiger partial charge on any atom is -0.484 e. The fraction of sp³-hybridized carbons (Fsp3) is 0.300. The maximum atomic E-state index is 12.9. The third kappa shape index (κ3) is 6.25. The fourth-order valence-corrected chi connectivity index (χ4v) is 3.51. The van der Waals surface area contributed by atoms with Crippen molar-refractivity contribution in [1.82, 2.24) is 10.2 Å². The molecular formula is C20H21Cl2IN2O3. The van der Waals surface area contributed by atoms with Gasteiger partial charge in [-0.2, -0.15) is 0 Å². The van der Waals surface area contributed by atoms with E-state index in [0.717, 1.165) is 3.57 Å². The minimum atomic E-state index is -0.635. The molecule has 0 spiro atoms. The molecule has 0 aromatic heterocycles. The molecule has 2 amide bonds. The molecule has 0 fully saturated rings. The summed E-state index contributed by atoms with van der Waals surface area (Å²) in [6, 6.07) is 11.8. The standard InChI is InChI=1S/C20H21Cl2IN2O3/c1-3-18(20(27)24-2)25(11-13-4-5-14(21)10-17(13)22)19(26)12-28-16-8-6-15(23)7-9-16/h4-10,18H,3,11-12H2,1-2H3,(H,24,27)/t18-/m1/s1. The largest absolute Gasteiger partial charge is 0.484 e. The Morgan fingerprint density at radius 3 is 2.43 bits per heavy atom. The molecule has 8 heteroatoms. The van der Waals surface area contributed by atoms with Gasteiger partial charge in [0.1, 0.15) is 11.8 Å². The second-order valence-corrected chi connectivity index (χ2v) is 8.13. The maximum Gasteiger partial charge on any atom is 0.261 e. The summed E-state index contributed by atoms with van der Waals surface area (Å²) in [5.74, 6) is 0.0430. The first-order valence-electron chi connectivity index (χ1n) is 8.69. The number of carbonyl (C=O) groups excluding carboxylic acids is 2. The number of hydrogen-bond acceptors (Lipinski definition) is 3. The van der Waals surface area contributed by atoms with Crippen LogP contribution in [0.3, 0.4) is 0 Å². The fourth-order valence-electron chi connectivity index (χ4n) is 2.68. The van der Waals surface area contributed by atoms with Gasteiger partial charge in [0.2, 0.25) is 5.91 Å². The van der Waals surface area contributed by atoms with Gasteiger partial charge in [-0.15, -0.1) is 0 Å². The summed E-state index contributed by atoms with van der Waals surface area (Å²) in [4.78, 5) is 26.8. The van der Waals surface area contributed by atoms with E-state index >= 15 is 0 Å². The highest BCUT2D eigenvalue weighted by molar-refractivity contribution is 14.1. The number of rotatable bonds is 8. The molecule has 0 saturated carbocycles. The van der Waals surface area contributed by atoms with Crippen molar-refractivity contribution in [3.8, 4) is 5.75 Å². The van der Waals surface area contributed by atoms with Crippen molar-refractivity contribution in [2.45, 2.75) is 25.9 Å². The van der Waals surface area contributed by atoms with Gasteiger partial charge in [-0.25, -0.2) is 0 Å². The van der Waals surface area contributed by atoms with E-state index in [1.54, 1.807) is 37.4 Å². The Balaban J connectivity index is 2.21. The molecule has 28 heavy (non-hydrogen) atoms. The van der Waals surface area contributed by atoms with Crippen molar-refractivity contribution in [1.29, 1.82) is 0 Å². The summed E-state index contributed by atoms with van der Waals surface area (Å²) in [6.07, 6.45) is 0.458. The molecule has 150 valence electrons. The van der Waals surface area contributed by atoms with E-state index in [2.05, 4.69) is 27.9 Å². The van der Waals surface area contributed by atoms with Crippen LogP contribution in [0.25, 0.3) is 0 Å². The van der Waals surface area contributed by atoms with Crippen molar-refractivity contribution in [3.63, 3.8) is 0 Å². The highest BCUT2D eigenvalue weighted by Crippen LogP contribution is 2.24. The van der Waals surface area contributed by atoms with Gasteiger partial charge in [0.25, 0.3) is 5.91 Å². The van der Waals surface area contributed by atoms with Crippen LogP contribution in [0.2, 0.25) is 10.0 Å². The van der Waals surface area contributed by atoms with E-state index < -0.39 is 6.04 Å². The third-order valence-electron chi connectivity index (χ3n) is 4.16. The molecule has 2 aromatic carbocycles. The number of likely N-dealkylation sites (N-methyl/N-ethyl adjacent to an activating group) is 1. The number of amides is 2. The number of carbonyl (C=O) groups is 2. The van der Waals surface area contributed by atoms with E-state index in [4.69, 9.17) is 27.9 Å². The van der Waals surface area contributed by atoms with Gasteiger partial charge < -0.3 is 15.0 Å². The summed E-state index contributed by atoms with van der Waals surface area (Å²) in [6.45, 7) is 1.85. The molecule has 1 atom stereocenters. The van der Waals surface area contributed by atoms with Crippen LogP contribution in [0.5, 0.6) is 5.75 Å². The van der Waals surface area contributed by atoms with Crippen molar-refractivity contribution in [2.75, 3.05) is 13.7 Å². The maximum absolute atomic E-state index is 12.9. The molecule has 5 nitrogen and oxygen atoms in total. The highest BCUT2D eigenvalue weighted by Gasteiger charge is 2.28. The van der Waals surface area contributed by atoms with Crippen molar-refractivity contribution in [3.05, 3.63) is 61.6 Å². The first-order chi connectivity index (χ1) is 13.3. The zero-order valence-electron chi connectivity index (χ0n) is 15.5. The highest BCUT2D eigenvalue weighted by atomic mass is 127. The molecule has 0 bridgehead atoms. The number of nitrogens with zero attached hydrogens (tertiary/aromatic N) is 1. The lowest BCUT2D eigenvalue weighted by molar-refractivity contribution is -0.142. The van der Waals surface area contributed by atoms with E-state index in [0.29, 0.717) is 27.8 Å². The molecule has 0 radical (unpaired) electrons. The second kappa shape index (κ2) is 10.9. The van der Waals surface area contributed by atoms with Gasteiger partial charge in [-0.3, -0.25) is 9.59 Å². The van der Waals surface area contributed by atoms with Crippen LogP contribution in [0.4, 0.5) is 0 Å². The van der Waals surface area contributed by atoms with Gasteiger partial charge in [0.05, 0.1) is 0 Å². The molecule has 0 unspecified atom stereocenters. The number of hydrogen-bond donors (Lipinski definition) is 1. The van der Waals surface area contributed by atoms with Gasteiger partial charge in [-0.05, 0) is 71.0 Å². The molecule has 1 N–H and O–H groups in total. The Hall–Kier alpha value is -1.51. The summed E-state index contributed by atoms with van der Waals surface area (Å²) in [7, 11) is 1.55. The third-order valence-corrected chi connectivity index (χ3v) is 5.47.